The van der Waals surface area contributed by atoms with Crippen molar-refractivity contribution in [2.24, 2.45) is 0 Å². The fraction of sp³-hybridized carbons (Fsp3) is 0.600. The molecule has 0 heterocycles. The number of benzene rings is 1. The van der Waals surface area contributed by atoms with E-state index in [1.807, 2.05) is 6.07 Å². The normalized spacial score (nSPS) is 23.8. The van der Waals surface area contributed by atoms with Gasteiger partial charge in [0, 0.05) is 11.6 Å². The third-order valence-corrected chi connectivity index (χ3v) is 3.88. The number of methoxy groups -OCH3 is 2. The number of aryl methyl sites for hydroxylation is 1. The SMILES string of the molecule is COc1cc(C)c(C2CCC(O)CC2)c(OC)c1. The van der Waals surface area contributed by atoms with Crippen LogP contribution in [0.5, 0.6) is 11.5 Å². The Bertz CT molecular complexity index is 406. The number of aliphatic hydroxyl groups is 1. The number of hydrogen-bond donors (Lipinski definition) is 1. The van der Waals surface area contributed by atoms with Gasteiger partial charge in [0.1, 0.15) is 11.5 Å². The molecular formula is C15H22O3. The highest BCUT2D eigenvalue weighted by atomic mass is 16.5. The van der Waals surface area contributed by atoms with E-state index in [0.29, 0.717) is 5.92 Å². The molecule has 1 aliphatic carbocycles. The van der Waals surface area contributed by atoms with Crippen molar-refractivity contribution in [3.8, 4) is 11.5 Å². The Morgan fingerprint density at radius 3 is 2.28 bits per heavy atom. The zero-order valence-corrected chi connectivity index (χ0v) is 11.4. The highest BCUT2D eigenvalue weighted by Gasteiger charge is 2.25. The van der Waals surface area contributed by atoms with Gasteiger partial charge in [0.2, 0.25) is 0 Å². The summed E-state index contributed by atoms with van der Waals surface area (Å²) < 4.78 is 10.8. The minimum atomic E-state index is -0.120. The molecule has 3 heteroatoms. The molecule has 1 aromatic rings. The lowest BCUT2D eigenvalue weighted by atomic mass is 9.80. The molecule has 1 fully saturated rings. The average Bonchev–Trinajstić information content (AvgIpc) is 2.39. The van der Waals surface area contributed by atoms with Crippen LogP contribution in [-0.4, -0.2) is 25.4 Å². The molecule has 1 N–H and O–H groups in total. The molecule has 0 bridgehead atoms. The van der Waals surface area contributed by atoms with Crippen LogP contribution in [0.25, 0.3) is 0 Å². The Kier molecular flexibility index (Phi) is 4.12. The second kappa shape index (κ2) is 5.61. The molecule has 0 aromatic heterocycles. The molecule has 0 aliphatic heterocycles. The van der Waals surface area contributed by atoms with E-state index in [1.54, 1.807) is 14.2 Å². The van der Waals surface area contributed by atoms with Crippen LogP contribution in [0.3, 0.4) is 0 Å². The van der Waals surface area contributed by atoms with E-state index < -0.39 is 0 Å². The highest BCUT2D eigenvalue weighted by Crippen LogP contribution is 2.41. The topological polar surface area (TPSA) is 38.7 Å². The van der Waals surface area contributed by atoms with E-state index in [4.69, 9.17) is 9.47 Å². The Balaban J connectivity index is 2.31. The van der Waals surface area contributed by atoms with Crippen LogP contribution < -0.4 is 9.47 Å². The first-order chi connectivity index (χ1) is 8.65. The smallest absolute Gasteiger partial charge is 0.126 e. The molecule has 3 nitrogen and oxygen atoms in total. The summed E-state index contributed by atoms with van der Waals surface area (Å²) in [6.45, 7) is 2.10. The third-order valence-electron chi connectivity index (χ3n) is 3.88. The lowest BCUT2D eigenvalue weighted by Gasteiger charge is -2.28. The zero-order valence-electron chi connectivity index (χ0n) is 11.4. The van der Waals surface area contributed by atoms with Crippen molar-refractivity contribution < 1.29 is 14.6 Å². The van der Waals surface area contributed by atoms with Crippen molar-refractivity contribution in [1.82, 2.24) is 0 Å². The van der Waals surface area contributed by atoms with Crippen molar-refractivity contribution in [2.45, 2.75) is 44.6 Å². The first-order valence-electron chi connectivity index (χ1n) is 6.56. The van der Waals surface area contributed by atoms with Gasteiger partial charge in [0.15, 0.2) is 0 Å². The maximum Gasteiger partial charge on any atom is 0.126 e. The minimum absolute atomic E-state index is 0.120. The molecule has 1 aliphatic rings. The monoisotopic (exact) mass is 250 g/mol. The number of aliphatic hydroxyl groups excluding tert-OH is 1. The van der Waals surface area contributed by atoms with E-state index in [9.17, 15) is 5.11 Å². The van der Waals surface area contributed by atoms with Crippen LogP contribution in [-0.2, 0) is 0 Å². The second-order valence-corrected chi connectivity index (χ2v) is 5.07. The summed E-state index contributed by atoms with van der Waals surface area (Å²) in [5.74, 6) is 2.24. The maximum absolute atomic E-state index is 9.60. The van der Waals surface area contributed by atoms with E-state index in [2.05, 4.69) is 13.0 Å². The first-order valence-corrected chi connectivity index (χ1v) is 6.56. The van der Waals surface area contributed by atoms with Gasteiger partial charge in [-0.1, -0.05) is 0 Å². The molecule has 0 amide bonds. The van der Waals surface area contributed by atoms with Crippen LogP contribution in [0.4, 0.5) is 0 Å². The molecule has 100 valence electrons. The largest absolute Gasteiger partial charge is 0.497 e. The van der Waals surface area contributed by atoms with Gasteiger partial charge in [-0.05, 0) is 50.2 Å². The third kappa shape index (κ3) is 2.61. The summed E-state index contributed by atoms with van der Waals surface area (Å²) in [6.07, 6.45) is 3.72. The summed E-state index contributed by atoms with van der Waals surface area (Å²) in [6, 6.07) is 4.01. The maximum atomic E-state index is 9.60. The van der Waals surface area contributed by atoms with Crippen molar-refractivity contribution in [2.75, 3.05) is 14.2 Å². The number of hydrogen-bond acceptors (Lipinski definition) is 3. The zero-order chi connectivity index (χ0) is 13.1. The Morgan fingerprint density at radius 1 is 1.06 bits per heavy atom. The second-order valence-electron chi connectivity index (χ2n) is 5.07. The van der Waals surface area contributed by atoms with Crippen molar-refractivity contribution >= 4 is 0 Å². The number of ether oxygens (including phenoxy) is 2. The van der Waals surface area contributed by atoms with E-state index in [0.717, 1.165) is 37.2 Å². The molecule has 0 saturated heterocycles. The predicted octanol–water partition coefficient (Wildman–Crippen LogP) is 3.03. The molecule has 2 rings (SSSR count). The minimum Gasteiger partial charge on any atom is -0.497 e. The lowest BCUT2D eigenvalue weighted by Crippen LogP contribution is -2.18. The van der Waals surface area contributed by atoms with Crippen LogP contribution in [0.2, 0.25) is 0 Å². The summed E-state index contributed by atoms with van der Waals surface area (Å²) in [4.78, 5) is 0. The van der Waals surface area contributed by atoms with Gasteiger partial charge in [-0.15, -0.1) is 0 Å². The molecule has 0 spiro atoms. The van der Waals surface area contributed by atoms with E-state index in [-0.39, 0.29) is 6.10 Å². The van der Waals surface area contributed by atoms with Crippen molar-refractivity contribution in [3.63, 3.8) is 0 Å². The molecule has 0 radical (unpaired) electrons. The van der Waals surface area contributed by atoms with Crippen LogP contribution in [0.15, 0.2) is 12.1 Å². The summed E-state index contributed by atoms with van der Waals surface area (Å²) >= 11 is 0. The van der Waals surface area contributed by atoms with Gasteiger partial charge < -0.3 is 14.6 Å². The van der Waals surface area contributed by atoms with Crippen LogP contribution >= 0.6 is 0 Å². The highest BCUT2D eigenvalue weighted by molar-refractivity contribution is 5.48. The molecule has 1 aromatic carbocycles. The van der Waals surface area contributed by atoms with Gasteiger partial charge in [0.25, 0.3) is 0 Å². The van der Waals surface area contributed by atoms with Gasteiger partial charge in [-0.3, -0.25) is 0 Å². The predicted molar refractivity (Wildman–Crippen MR) is 71.5 cm³/mol. The molecule has 0 atom stereocenters. The Labute approximate surface area is 109 Å². The van der Waals surface area contributed by atoms with Gasteiger partial charge in [-0.2, -0.15) is 0 Å². The summed E-state index contributed by atoms with van der Waals surface area (Å²) in [5, 5.41) is 9.60. The molecule has 18 heavy (non-hydrogen) atoms. The Hall–Kier alpha value is -1.22. The van der Waals surface area contributed by atoms with E-state index >= 15 is 0 Å². The fourth-order valence-corrected chi connectivity index (χ4v) is 2.91. The van der Waals surface area contributed by atoms with Crippen molar-refractivity contribution in [3.05, 3.63) is 23.3 Å². The first kappa shape index (κ1) is 13.2. The number of rotatable bonds is 3. The Morgan fingerprint density at radius 2 is 1.72 bits per heavy atom. The molecule has 0 unspecified atom stereocenters. The summed E-state index contributed by atoms with van der Waals surface area (Å²) in [5.41, 5.74) is 2.50. The molecular weight excluding hydrogens is 228 g/mol. The summed E-state index contributed by atoms with van der Waals surface area (Å²) in [7, 11) is 3.38. The van der Waals surface area contributed by atoms with Gasteiger partial charge in [0.05, 0.1) is 20.3 Å². The van der Waals surface area contributed by atoms with Crippen LogP contribution in [0.1, 0.15) is 42.7 Å². The van der Waals surface area contributed by atoms with Crippen molar-refractivity contribution in [1.29, 1.82) is 0 Å². The quantitative estimate of drug-likeness (QED) is 0.896. The standard InChI is InChI=1S/C15H22O3/c1-10-8-13(17-2)9-14(18-3)15(10)11-4-6-12(16)7-5-11/h8-9,11-12,16H,4-7H2,1-3H3. The van der Waals surface area contributed by atoms with Gasteiger partial charge in [-0.25, -0.2) is 0 Å². The van der Waals surface area contributed by atoms with Gasteiger partial charge >= 0.3 is 0 Å². The fourth-order valence-electron chi connectivity index (χ4n) is 2.91. The molecule has 1 saturated carbocycles. The lowest BCUT2D eigenvalue weighted by molar-refractivity contribution is 0.122. The van der Waals surface area contributed by atoms with E-state index in [1.165, 1.54) is 11.1 Å². The average molecular weight is 250 g/mol. The van der Waals surface area contributed by atoms with Crippen LogP contribution in [0, 0.1) is 6.92 Å².